The lowest BCUT2D eigenvalue weighted by atomic mass is 9.79. The molecule has 2 rings (SSSR count). The van der Waals surface area contributed by atoms with Crippen LogP contribution in [0.4, 0.5) is 5.82 Å². The Morgan fingerprint density at radius 3 is 2.80 bits per heavy atom. The molecular formula is C14H23N5O. The van der Waals surface area contributed by atoms with E-state index in [0.29, 0.717) is 25.0 Å². The summed E-state index contributed by atoms with van der Waals surface area (Å²) in [6.07, 6.45) is 3.58. The molecule has 6 nitrogen and oxygen atoms in total. The van der Waals surface area contributed by atoms with Crippen molar-refractivity contribution in [1.29, 1.82) is 0 Å². The van der Waals surface area contributed by atoms with Crippen LogP contribution in [0.1, 0.15) is 38.3 Å². The van der Waals surface area contributed by atoms with Gasteiger partial charge in [-0.05, 0) is 12.8 Å². The van der Waals surface area contributed by atoms with Crippen molar-refractivity contribution in [2.75, 3.05) is 18.4 Å². The van der Waals surface area contributed by atoms with Gasteiger partial charge in [-0.3, -0.25) is 4.79 Å². The molecule has 1 aromatic rings. The van der Waals surface area contributed by atoms with Crippen LogP contribution in [-0.4, -0.2) is 35.0 Å². The maximum absolute atomic E-state index is 11.4. The van der Waals surface area contributed by atoms with Crippen molar-refractivity contribution in [1.82, 2.24) is 15.3 Å². The molecule has 1 aliphatic rings. The number of nitrogens with zero attached hydrogens (tertiary/aromatic N) is 2. The van der Waals surface area contributed by atoms with Crippen molar-refractivity contribution < 1.29 is 4.79 Å². The number of hydrogen-bond acceptors (Lipinski definition) is 5. The summed E-state index contributed by atoms with van der Waals surface area (Å²) in [5.74, 6) is 1.35. The van der Waals surface area contributed by atoms with E-state index in [9.17, 15) is 4.79 Å². The van der Waals surface area contributed by atoms with Gasteiger partial charge in [0.2, 0.25) is 5.91 Å². The normalized spacial score (nSPS) is 21.4. The van der Waals surface area contributed by atoms with Crippen LogP contribution in [0.5, 0.6) is 0 Å². The molecule has 0 unspecified atom stereocenters. The largest absolute Gasteiger partial charge is 0.368 e. The molecule has 1 saturated carbocycles. The summed E-state index contributed by atoms with van der Waals surface area (Å²) in [4.78, 5) is 19.9. The molecule has 0 aromatic carbocycles. The molecule has 0 radical (unpaired) electrons. The molecule has 0 aliphatic heterocycles. The SMILES string of the molecule is CC(C)C(=O)NCCNc1cc(C2CC(N)C2)ncn1. The molecule has 1 aliphatic carbocycles. The van der Waals surface area contributed by atoms with Crippen molar-refractivity contribution >= 4 is 11.7 Å². The first-order valence-corrected chi connectivity index (χ1v) is 7.15. The summed E-state index contributed by atoms with van der Waals surface area (Å²) >= 11 is 0. The van der Waals surface area contributed by atoms with E-state index in [1.54, 1.807) is 6.33 Å². The molecule has 110 valence electrons. The van der Waals surface area contributed by atoms with Gasteiger partial charge in [0.05, 0.1) is 0 Å². The van der Waals surface area contributed by atoms with E-state index in [1.165, 1.54) is 0 Å². The number of anilines is 1. The van der Waals surface area contributed by atoms with Crippen LogP contribution in [0.3, 0.4) is 0 Å². The van der Waals surface area contributed by atoms with Crippen LogP contribution in [0.15, 0.2) is 12.4 Å². The van der Waals surface area contributed by atoms with E-state index in [4.69, 9.17) is 5.73 Å². The van der Waals surface area contributed by atoms with Gasteiger partial charge in [0.1, 0.15) is 12.1 Å². The van der Waals surface area contributed by atoms with Gasteiger partial charge in [0.15, 0.2) is 0 Å². The van der Waals surface area contributed by atoms with Gasteiger partial charge >= 0.3 is 0 Å². The molecule has 20 heavy (non-hydrogen) atoms. The second kappa shape index (κ2) is 6.65. The molecule has 0 atom stereocenters. The average molecular weight is 277 g/mol. The van der Waals surface area contributed by atoms with Gasteiger partial charge in [-0.15, -0.1) is 0 Å². The molecule has 1 amide bonds. The zero-order chi connectivity index (χ0) is 14.5. The number of aromatic nitrogens is 2. The third kappa shape index (κ3) is 3.90. The van der Waals surface area contributed by atoms with E-state index in [-0.39, 0.29) is 11.8 Å². The Labute approximate surface area is 119 Å². The highest BCUT2D eigenvalue weighted by Gasteiger charge is 2.28. The molecule has 1 heterocycles. The van der Waals surface area contributed by atoms with Gasteiger partial charge < -0.3 is 16.4 Å². The third-order valence-corrected chi connectivity index (χ3v) is 3.54. The number of rotatable bonds is 6. The number of nitrogens with one attached hydrogen (secondary N) is 2. The molecule has 6 heteroatoms. The summed E-state index contributed by atoms with van der Waals surface area (Å²) < 4.78 is 0. The van der Waals surface area contributed by atoms with Gasteiger partial charge in [0.25, 0.3) is 0 Å². The quantitative estimate of drug-likeness (QED) is 0.671. The second-order valence-electron chi connectivity index (χ2n) is 5.63. The molecule has 0 saturated heterocycles. The number of hydrogen-bond donors (Lipinski definition) is 3. The summed E-state index contributed by atoms with van der Waals surface area (Å²) in [5.41, 5.74) is 6.85. The smallest absolute Gasteiger partial charge is 0.222 e. The van der Waals surface area contributed by atoms with Crippen LogP contribution in [0, 0.1) is 5.92 Å². The van der Waals surface area contributed by atoms with Crippen molar-refractivity contribution in [2.45, 2.75) is 38.6 Å². The fraction of sp³-hybridized carbons (Fsp3) is 0.643. The average Bonchev–Trinajstić information content (AvgIpc) is 2.40. The van der Waals surface area contributed by atoms with Crippen molar-refractivity contribution in [3.63, 3.8) is 0 Å². The third-order valence-electron chi connectivity index (χ3n) is 3.54. The highest BCUT2D eigenvalue weighted by atomic mass is 16.1. The minimum absolute atomic E-state index is 0.0171. The summed E-state index contributed by atoms with van der Waals surface area (Å²) in [7, 11) is 0. The van der Waals surface area contributed by atoms with Crippen molar-refractivity contribution in [3.8, 4) is 0 Å². The van der Waals surface area contributed by atoms with Gasteiger partial charge in [-0.1, -0.05) is 13.8 Å². The minimum atomic E-state index is 0.0171. The van der Waals surface area contributed by atoms with Crippen LogP contribution < -0.4 is 16.4 Å². The Morgan fingerprint density at radius 1 is 1.40 bits per heavy atom. The lowest BCUT2D eigenvalue weighted by molar-refractivity contribution is -0.123. The Hall–Kier alpha value is -1.69. The lowest BCUT2D eigenvalue weighted by Gasteiger charge is -2.31. The maximum Gasteiger partial charge on any atom is 0.222 e. The van der Waals surface area contributed by atoms with E-state index >= 15 is 0 Å². The summed E-state index contributed by atoms with van der Waals surface area (Å²) in [5, 5.41) is 6.05. The number of nitrogens with two attached hydrogens (primary N) is 1. The minimum Gasteiger partial charge on any atom is -0.368 e. The number of carbonyl (C=O) groups excluding carboxylic acids is 1. The zero-order valence-electron chi connectivity index (χ0n) is 12.1. The fourth-order valence-corrected chi connectivity index (χ4v) is 2.18. The highest BCUT2D eigenvalue weighted by Crippen LogP contribution is 2.34. The standard InChI is InChI=1S/C14H23N5O/c1-9(2)14(20)17-4-3-16-13-7-12(18-8-19-13)10-5-11(15)6-10/h7-11H,3-6,15H2,1-2H3,(H,17,20)(H,16,18,19). The molecular weight excluding hydrogens is 254 g/mol. The lowest BCUT2D eigenvalue weighted by Crippen LogP contribution is -2.35. The fourth-order valence-electron chi connectivity index (χ4n) is 2.18. The molecule has 0 bridgehead atoms. The Bertz CT molecular complexity index is 457. The van der Waals surface area contributed by atoms with Gasteiger partial charge in [0, 0.05) is 42.7 Å². The van der Waals surface area contributed by atoms with E-state index in [2.05, 4.69) is 20.6 Å². The zero-order valence-corrected chi connectivity index (χ0v) is 12.1. The first-order valence-electron chi connectivity index (χ1n) is 7.15. The monoisotopic (exact) mass is 277 g/mol. The van der Waals surface area contributed by atoms with E-state index in [1.807, 2.05) is 19.9 Å². The molecule has 4 N–H and O–H groups in total. The van der Waals surface area contributed by atoms with Gasteiger partial charge in [-0.25, -0.2) is 9.97 Å². The van der Waals surface area contributed by atoms with E-state index in [0.717, 1.165) is 24.4 Å². The predicted octanol–water partition coefficient (Wildman–Crippen LogP) is 0.865. The first-order chi connectivity index (χ1) is 9.56. The van der Waals surface area contributed by atoms with Crippen LogP contribution in [0.25, 0.3) is 0 Å². The Balaban J connectivity index is 1.76. The maximum atomic E-state index is 11.4. The van der Waals surface area contributed by atoms with Crippen molar-refractivity contribution in [3.05, 3.63) is 18.1 Å². The summed E-state index contributed by atoms with van der Waals surface area (Å²) in [6.45, 7) is 5.00. The molecule has 0 spiro atoms. The predicted molar refractivity (Wildman–Crippen MR) is 78.3 cm³/mol. The Kier molecular flexibility index (Phi) is 4.89. The van der Waals surface area contributed by atoms with Crippen LogP contribution >= 0.6 is 0 Å². The second-order valence-corrected chi connectivity index (χ2v) is 5.63. The summed E-state index contributed by atoms with van der Waals surface area (Å²) in [6, 6.07) is 2.29. The van der Waals surface area contributed by atoms with Crippen molar-refractivity contribution in [2.24, 2.45) is 11.7 Å². The van der Waals surface area contributed by atoms with Gasteiger partial charge in [-0.2, -0.15) is 0 Å². The molecule has 1 aromatic heterocycles. The van der Waals surface area contributed by atoms with Crippen LogP contribution in [-0.2, 0) is 4.79 Å². The number of carbonyl (C=O) groups is 1. The first kappa shape index (κ1) is 14.7. The number of amides is 1. The van der Waals surface area contributed by atoms with E-state index < -0.39 is 0 Å². The highest BCUT2D eigenvalue weighted by molar-refractivity contribution is 5.77. The molecule has 1 fully saturated rings. The Morgan fingerprint density at radius 2 is 2.15 bits per heavy atom. The van der Waals surface area contributed by atoms with Crippen LogP contribution in [0.2, 0.25) is 0 Å². The topological polar surface area (TPSA) is 92.9 Å².